The fourth-order valence-corrected chi connectivity index (χ4v) is 3.11. The zero-order chi connectivity index (χ0) is 13.8. The fraction of sp³-hybridized carbons (Fsp3) is 0.600. The van der Waals surface area contributed by atoms with Gasteiger partial charge in [0.05, 0.1) is 19.3 Å². The lowest BCUT2D eigenvalue weighted by Crippen LogP contribution is -2.51. The van der Waals surface area contributed by atoms with Crippen LogP contribution in [-0.4, -0.2) is 36.7 Å². The lowest BCUT2D eigenvalue weighted by molar-refractivity contribution is -0.0348. The van der Waals surface area contributed by atoms with Gasteiger partial charge < -0.3 is 10.5 Å². The normalized spacial score (nSPS) is 24.1. The van der Waals surface area contributed by atoms with Crippen molar-refractivity contribution in [3.63, 3.8) is 0 Å². The molecule has 3 nitrogen and oxygen atoms in total. The van der Waals surface area contributed by atoms with E-state index in [4.69, 9.17) is 10.5 Å². The SMILES string of the molecule is CCC1COCCN1C(c1ccc(Br)cc1)C(C)N. The maximum absolute atomic E-state index is 6.26. The smallest absolute Gasteiger partial charge is 0.0622 e. The number of rotatable bonds is 4. The zero-order valence-corrected chi connectivity index (χ0v) is 13.3. The van der Waals surface area contributed by atoms with Crippen LogP contribution in [0.5, 0.6) is 0 Å². The van der Waals surface area contributed by atoms with Gasteiger partial charge in [-0.2, -0.15) is 0 Å². The van der Waals surface area contributed by atoms with E-state index in [-0.39, 0.29) is 12.1 Å². The van der Waals surface area contributed by atoms with Gasteiger partial charge in [0.15, 0.2) is 0 Å². The Morgan fingerprint density at radius 2 is 2.11 bits per heavy atom. The maximum Gasteiger partial charge on any atom is 0.0622 e. The Bertz CT molecular complexity index is 394. The topological polar surface area (TPSA) is 38.5 Å². The van der Waals surface area contributed by atoms with Gasteiger partial charge in [-0.3, -0.25) is 4.90 Å². The van der Waals surface area contributed by atoms with E-state index in [1.54, 1.807) is 0 Å². The standard InChI is InChI=1S/C15H23BrN2O/c1-3-14-10-19-9-8-18(14)15(11(2)17)12-4-6-13(16)7-5-12/h4-7,11,14-15H,3,8-10,17H2,1-2H3. The Balaban J connectivity index is 2.25. The van der Waals surface area contributed by atoms with Crippen molar-refractivity contribution in [2.24, 2.45) is 5.73 Å². The molecule has 2 rings (SSSR count). The number of morpholine rings is 1. The molecule has 4 heteroatoms. The van der Waals surface area contributed by atoms with Crippen LogP contribution in [-0.2, 0) is 4.74 Å². The van der Waals surface area contributed by atoms with Crippen molar-refractivity contribution in [1.29, 1.82) is 0 Å². The first-order valence-corrected chi connectivity index (χ1v) is 7.77. The van der Waals surface area contributed by atoms with Crippen LogP contribution in [0.15, 0.2) is 28.7 Å². The van der Waals surface area contributed by atoms with Gasteiger partial charge in [0.2, 0.25) is 0 Å². The van der Waals surface area contributed by atoms with Gasteiger partial charge in [0.25, 0.3) is 0 Å². The number of benzene rings is 1. The highest BCUT2D eigenvalue weighted by Gasteiger charge is 2.31. The number of ether oxygens (including phenoxy) is 1. The van der Waals surface area contributed by atoms with Crippen molar-refractivity contribution in [3.8, 4) is 0 Å². The highest BCUT2D eigenvalue weighted by atomic mass is 79.9. The molecule has 0 aromatic heterocycles. The van der Waals surface area contributed by atoms with E-state index in [2.05, 4.69) is 58.9 Å². The number of nitrogens with two attached hydrogens (primary N) is 1. The highest BCUT2D eigenvalue weighted by molar-refractivity contribution is 9.10. The van der Waals surface area contributed by atoms with E-state index in [1.165, 1.54) is 5.56 Å². The molecule has 0 spiro atoms. The first-order chi connectivity index (χ1) is 9.13. The highest BCUT2D eigenvalue weighted by Crippen LogP contribution is 2.29. The molecule has 2 N–H and O–H groups in total. The molecule has 1 aromatic rings. The van der Waals surface area contributed by atoms with E-state index in [9.17, 15) is 0 Å². The van der Waals surface area contributed by atoms with E-state index in [1.807, 2.05) is 0 Å². The second-order valence-corrected chi connectivity index (χ2v) is 6.15. The van der Waals surface area contributed by atoms with E-state index < -0.39 is 0 Å². The predicted molar refractivity (Wildman–Crippen MR) is 82.1 cm³/mol. The number of halogens is 1. The van der Waals surface area contributed by atoms with Crippen molar-refractivity contribution >= 4 is 15.9 Å². The molecule has 1 aromatic carbocycles. The Hall–Kier alpha value is -0.420. The zero-order valence-electron chi connectivity index (χ0n) is 11.7. The summed E-state index contributed by atoms with van der Waals surface area (Å²) in [7, 11) is 0. The third kappa shape index (κ3) is 3.57. The molecule has 3 atom stereocenters. The van der Waals surface area contributed by atoms with Crippen molar-refractivity contribution in [2.75, 3.05) is 19.8 Å². The monoisotopic (exact) mass is 326 g/mol. The van der Waals surface area contributed by atoms with Gasteiger partial charge in [-0.15, -0.1) is 0 Å². The third-order valence-electron chi connectivity index (χ3n) is 3.81. The molecule has 1 aliphatic rings. The summed E-state index contributed by atoms with van der Waals surface area (Å²) in [6, 6.07) is 9.35. The van der Waals surface area contributed by atoms with Gasteiger partial charge in [0, 0.05) is 23.1 Å². The molecule has 1 heterocycles. The van der Waals surface area contributed by atoms with E-state index in [0.717, 1.165) is 30.7 Å². The largest absolute Gasteiger partial charge is 0.378 e. The first-order valence-electron chi connectivity index (χ1n) is 6.98. The Morgan fingerprint density at radius 3 is 2.68 bits per heavy atom. The van der Waals surface area contributed by atoms with Crippen LogP contribution in [0.1, 0.15) is 31.9 Å². The van der Waals surface area contributed by atoms with Crippen LogP contribution in [0.2, 0.25) is 0 Å². The molecule has 1 aliphatic heterocycles. The summed E-state index contributed by atoms with van der Waals surface area (Å²) in [5.74, 6) is 0. The number of hydrogen-bond donors (Lipinski definition) is 1. The molecule has 0 amide bonds. The molecule has 0 bridgehead atoms. The Morgan fingerprint density at radius 1 is 1.42 bits per heavy atom. The molecule has 1 fully saturated rings. The quantitative estimate of drug-likeness (QED) is 0.924. The Labute approximate surface area is 124 Å². The molecule has 0 aliphatic carbocycles. The molecular weight excluding hydrogens is 304 g/mol. The summed E-state index contributed by atoms with van der Waals surface area (Å²) in [6.45, 7) is 6.88. The molecule has 0 radical (unpaired) electrons. The minimum Gasteiger partial charge on any atom is -0.378 e. The van der Waals surface area contributed by atoms with Gasteiger partial charge in [0.1, 0.15) is 0 Å². The van der Waals surface area contributed by atoms with Crippen LogP contribution in [0.3, 0.4) is 0 Å². The third-order valence-corrected chi connectivity index (χ3v) is 4.34. The minimum atomic E-state index is 0.105. The van der Waals surface area contributed by atoms with Crippen molar-refractivity contribution in [2.45, 2.75) is 38.4 Å². The lowest BCUT2D eigenvalue weighted by atomic mass is 9.96. The summed E-state index contributed by atoms with van der Waals surface area (Å²) >= 11 is 3.49. The fourth-order valence-electron chi connectivity index (χ4n) is 2.84. The summed E-state index contributed by atoms with van der Waals surface area (Å²) in [5, 5.41) is 0. The van der Waals surface area contributed by atoms with Gasteiger partial charge in [-0.05, 0) is 31.0 Å². The molecule has 0 saturated carbocycles. The summed E-state index contributed by atoms with van der Waals surface area (Å²) < 4.78 is 6.70. The maximum atomic E-state index is 6.26. The predicted octanol–water partition coefficient (Wildman–Crippen LogP) is 2.95. The lowest BCUT2D eigenvalue weighted by Gasteiger charge is -2.42. The molecule has 1 saturated heterocycles. The van der Waals surface area contributed by atoms with Gasteiger partial charge >= 0.3 is 0 Å². The van der Waals surface area contributed by atoms with E-state index >= 15 is 0 Å². The molecule has 19 heavy (non-hydrogen) atoms. The second kappa shape index (κ2) is 6.84. The van der Waals surface area contributed by atoms with Crippen molar-refractivity contribution in [3.05, 3.63) is 34.3 Å². The summed E-state index contributed by atoms with van der Waals surface area (Å²) in [6.07, 6.45) is 1.10. The van der Waals surface area contributed by atoms with Crippen LogP contribution in [0.25, 0.3) is 0 Å². The number of hydrogen-bond acceptors (Lipinski definition) is 3. The molecule has 3 unspecified atom stereocenters. The van der Waals surface area contributed by atoms with Gasteiger partial charge in [-0.1, -0.05) is 35.0 Å². The number of nitrogens with zero attached hydrogens (tertiary/aromatic N) is 1. The average Bonchev–Trinajstić information content (AvgIpc) is 2.41. The first kappa shape index (κ1) is 15.0. The second-order valence-electron chi connectivity index (χ2n) is 5.23. The van der Waals surface area contributed by atoms with Crippen molar-refractivity contribution < 1.29 is 4.74 Å². The average molecular weight is 327 g/mol. The summed E-state index contributed by atoms with van der Waals surface area (Å²) in [4.78, 5) is 2.51. The summed E-state index contributed by atoms with van der Waals surface area (Å²) in [5.41, 5.74) is 7.55. The van der Waals surface area contributed by atoms with Crippen LogP contribution < -0.4 is 5.73 Å². The van der Waals surface area contributed by atoms with Crippen LogP contribution in [0, 0.1) is 0 Å². The van der Waals surface area contributed by atoms with E-state index in [0.29, 0.717) is 6.04 Å². The van der Waals surface area contributed by atoms with Crippen LogP contribution >= 0.6 is 15.9 Å². The van der Waals surface area contributed by atoms with Crippen LogP contribution in [0.4, 0.5) is 0 Å². The van der Waals surface area contributed by atoms with Crippen molar-refractivity contribution in [1.82, 2.24) is 4.90 Å². The minimum absolute atomic E-state index is 0.105. The Kier molecular flexibility index (Phi) is 5.39. The molecular formula is C15H23BrN2O. The van der Waals surface area contributed by atoms with Gasteiger partial charge in [-0.25, -0.2) is 0 Å². The molecule has 106 valence electrons.